The number of fused-ring (bicyclic) bond motifs is 1. The van der Waals surface area contributed by atoms with Crippen LogP contribution in [0.3, 0.4) is 0 Å². The highest BCUT2D eigenvalue weighted by Gasteiger charge is 2.20. The van der Waals surface area contributed by atoms with Gasteiger partial charge in [0.05, 0.1) is 16.9 Å². The fraction of sp³-hybridized carbons (Fsp3) is 0.182. The number of H-pyrrole nitrogens is 1. The van der Waals surface area contributed by atoms with Crippen molar-refractivity contribution >= 4 is 11.8 Å². The summed E-state index contributed by atoms with van der Waals surface area (Å²) in [6.45, 7) is 0. The van der Waals surface area contributed by atoms with Crippen molar-refractivity contribution in [2.45, 2.75) is 11.5 Å². The molecule has 2 aromatic rings. The first-order valence-electron chi connectivity index (χ1n) is 4.95. The Kier molecular flexibility index (Phi) is 2.07. The van der Waals surface area contributed by atoms with Gasteiger partial charge in [-0.3, -0.25) is 14.6 Å². The molecule has 0 atom stereocenters. The van der Waals surface area contributed by atoms with E-state index in [9.17, 15) is 9.90 Å². The van der Waals surface area contributed by atoms with Gasteiger partial charge in [-0.05, 0) is 24.3 Å². The van der Waals surface area contributed by atoms with Crippen molar-refractivity contribution in [1.29, 1.82) is 0 Å². The normalized spacial score (nSPS) is 14.0. The molecule has 3 rings (SSSR count). The van der Waals surface area contributed by atoms with E-state index in [0.29, 0.717) is 0 Å². The number of aromatic hydroxyl groups is 1. The highest BCUT2D eigenvalue weighted by atomic mass is 32.2. The fourth-order valence-corrected chi connectivity index (χ4v) is 2.98. The Morgan fingerprint density at radius 1 is 1.25 bits per heavy atom. The van der Waals surface area contributed by atoms with Crippen LogP contribution in [-0.4, -0.2) is 14.9 Å². The molecular weight excluding hydrogens is 224 g/mol. The third kappa shape index (κ3) is 1.36. The van der Waals surface area contributed by atoms with E-state index in [-0.39, 0.29) is 11.3 Å². The van der Waals surface area contributed by atoms with E-state index in [2.05, 4.69) is 5.10 Å². The standard InChI is InChI=1S/C11H10N2O2S/c14-8-3-1-7(2-4-8)13-10-6-16-5-9(10)11(15)12-13/h1-4,14H,5-6H2,(H,12,15). The molecule has 16 heavy (non-hydrogen) atoms. The molecule has 0 bridgehead atoms. The van der Waals surface area contributed by atoms with Crippen molar-refractivity contribution in [1.82, 2.24) is 9.78 Å². The first-order chi connectivity index (χ1) is 7.75. The number of hydrogen-bond donors (Lipinski definition) is 2. The Balaban J connectivity index is 2.17. The zero-order chi connectivity index (χ0) is 11.1. The molecule has 0 amide bonds. The van der Waals surface area contributed by atoms with E-state index >= 15 is 0 Å². The number of nitrogens with zero attached hydrogens (tertiary/aromatic N) is 1. The van der Waals surface area contributed by atoms with Gasteiger partial charge >= 0.3 is 0 Å². The lowest BCUT2D eigenvalue weighted by Gasteiger charge is -2.05. The topological polar surface area (TPSA) is 58.0 Å². The zero-order valence-electron chi connectivity index (χ0n) is 8.43. The van der Waals surface area contributed by atoms with E-state index in [4.69, 9.17) is 0 Å². The number of thioether (sulfide) groups is 1. The van der Waals surface area contributed by atoms with E-state index < -0.39 is 0 Å². The number of aromatic amines is 1. The van der Waals surface area contributed by atoms with Crippen molar-refractivity contribution in [3.63, 3.8) is 0 Å². The van der Waals surface area contributed by atoms with Crippen LogP contribution < -0.4 is 5.56 Å². The smallest absolute Gasteiger partial charge is 0.268 e. The number of nitrogens with one attached hydrogen (secondary N) is 1. The highest BCUT2D eigenvalue weighted by Crippen LogP contribution is 2.28. The Bertz CT molecular complexity index is 583. The second-order valence-electron chi connectivity index (χ2n) is 3.71. The van der Waals surface area contributed by atoms with Crippen molar-refractivity contribution in [3.8, 4) is 11.4 Å². The van der Waals surface area contributed by atoms with Gasteiger partial charge in [-0.15, -0.1) is 0 Å². The Morgan fingerprint density at radius 3 is 2.75 bits per heavy atom. The lowest BCUT2D eigenvalue weighted by Crippen LogP contribution is -2.06. The lowest BCUT2D eigenvalue weighted by molar-refractivity contribution is 0.475. The predicted octanol–water partition coefficient (Wildman–Crippen LogP) is 1.62. The molecule has 0 aliphatic carbocycles. The molecule has 1 aromatic heterocycles. The molecule has 1 aromatic carbocycles. The molecule has 0 saturated heterocycles. The number of hydrogen-bond acceptors (Lipinski definition) is 3. The summed E-state index contributed by atoms with van der Waals surface area (Å²) in [7, 11) is 0. The number of benzene rings is 1. The van der Waals surface area contributed by atoms with Crippen LogP contribution >= 0.6 is 11.8 Å². The SMILES string of the molecule is O=c1[nH]n(-c2ccc(O)cc2)c2c1CSC2. The van der Waals surface area contributed by atoms with Gasteiger partial charge in [0.2, 0.25) is 0 Å². The summed E-state index contributed by atoms with van der Waals surface area (Å²) >= 11 is 1.75. The van der Waals surface area contributed by atoms with Crippen LogP contribution in [0.1, 0.15) is 11.3 Å². The fourth-order valence-electron chi connectivity index (χ4n) is 1.87. The number of aromatic nitrogens is 2. The molecular formula is C11H10N2O2S. The van der Waals surface area contributed by atoms with E-state index in [1.165, 1.54) is 0 Å². The minimum atomic E-state index is -0.00641. The number of phenolic OH excluding ortho intramolecular Hbond substituents is 1. The lowest BCUT2D eigenvalue weighted by atomic mass is 10.2. The van der Waals surface area contributed by atoms with Crippen LogP contribution in [0.25, 0.3) is 5.69 Å². The summed E-state index contributed by atoms with van der Waals surface area (Å²) in [5.74, 6) is 1.87. The van der Waals surface area contributed by atoms with Crippen molar-refractivity contribution < 1.29 is 5.11 Å². The average Bonchev–Trinajstić information content (AvgIpc) is 2.84. The molecule has 5 heteroatoms. The van der Waals surface area contributed by atoms with Gasteiger partial charge in [-0.25, -0.2) is 0 Å². The molecule has 2 N–H and O–H groups in total. The average molecular weight is 234 g/mol. The van der Waals surface area contributed by atoms with Crippen LogP contribution in [0, 0.1) is 0 Å². The van der Waals surface area contributed by atoms with Gasteiger partial charge in [0.25, 0.3) is 5.56 Å². The monoisotopic (exact) mass is 234 g/mol. The third-order valence-corrected chi connectivity index (χ3v) is 3.67. The summed E-state index contributed by atoms with van der Waals surface area (Å²) < 4.78 is 1.80. The van der Waals surface area contributed by atoms with Crippen molar-refractivity contribution in [2.75, 3.05) is 0 Å². The van der Waals surface area contributed by atoms with Gasteiger partial charge in [0.15, 0.2) is 0 Å². The minimum absolute atomic E-state index is 0.00641. The van der Waals surface area contributed by atoms with Gasteiger partial charge in [-0.2, -0.15) is 11.8 Å². The quantitative estimate of drug-likeness (QED) is 0.788. The number of rotatable bonds is 1. The maximum atomic E-state index is 11.6. The maximum Gasteiger partial charge on any atom is 0.268 e. The molecule has 1 aliphatic rings. The first kappa shape index (κ1) is 9.59. The molecule has 2 heterocycles. The molecule has 0 unspecified atom stereocenters. The van der Waals surface area contributed by atoms with Crippen LogP contribution in [-0.2, 0) is 11.5 Å². The first-order valence-corrected chi connectivity index (χ1v) is 6.11. The molecule has 1 aliphatic heterocycles. The second-order valence-corrected chi connectivity index (χ2v) is 4.70. The summed E-state index contributed by atoms with van der Waals surface area (Å²) in [6.07, 6.45) is 0. The minimum Gasteiger partial charge on any atom is -0.508 e. The molecule has 0 radical (unpaired) electrons. The largest absolute Gasteiger partial charge is 0.508 e. The molecule has 82 valence electrons. The van der Waals surface area contributed by atoms with Gasteiger partial charge in [-0.1, -0.05) is 0 Å². The maximum absolute atomic E-state index is 11.6. The van der Waals surface area contributed by atoms with Crippen LogP contribution in [0.2, 0.25) is 0 Å². The van der Waals surface area contributed by atoms with Gasteiger partial charge < -0.3 is 5.11 Å². The zero-order valence-corrected chi connectivity index (χ0v) is 9.25. The van der Waals surface area contributed by atoms with E-state index in [0.717, 1.165) is 28.5 Å². The molecule has 4 nitrogen and oxygen atoms in total. The molecule has 0 saturated carbocycles. The van der Waals surface area contributed by atoms with Gasteiger partial charge in [0.1, 0.15) is 5.75 Å². The van der Waals surface area contributed by atoms with Crippen molar-refractivity contribution in [3.05, 3.63) is 45.9 Å². The highest BCUT2D eigenvalue weighted by molar-refractivity contribution is 7.98. The van der Waals surface area contributed by atoms with Gasteiger partial charge in [0, 0.05) is 11.5 Å². The summed E-state index contributed by atoms with van der Waals surface area (Å²) in [5.41, 5.74) is 2.78. The van der Waals surface area contributed by atoms with Crippen LogP contribution in [0.5, 0.6) is 5.75 Å². The predicted molar refractivity (Wildman–Crippen MR) is 63.1 cm³/mol. The second kappa shape index (κ2) is 3.45. The summed E-state index contributed by atoms with van der Waals surface area (Å²) in [4.78, 5) is 11.6. The Labute approximate surface area is 95.9 Å². The van der Waals surface area contributed by atoms with Crippen molar-refractivity contribution in [2.24, 2.45) is 0 Å². The van der Waals surface area contributed by atoms with Crippen LogP contribution in [0.15, 0.2) is 29.1 Å². The van der Waals surface area contributed by atoms with E-state index in [1.807, 2.05) is 0 Å². The molecule has 0 fully saturated rings. The molecule has 0 spiro atoms. The summed E-state index contributed by atoms with van der Waals surface area (Å²) in [5, 5.41) is 12.0. The third-order valence-electron chi connectivity index (χ3n) is 2.70. The number of phenols is 1. The Hall–Kier alpha value is -1.62. The Morgan fingerprint density at radius 2 is 2.00 bits per heavy atom. The summed E-state index contributed by atoms with van der Waals surface area (Å²) in [6, 6.07) is 6.80. The van der Waals surface area contributed by atoms with E-state index in [1.54, 1.807) is 40.7 Å². The van der Waals surface area contributed by atoms with Crippen LogP contribution in [0.4, 0.5) is 0 Å².